The Bertz CT molecular complexity index is 419. The standard InChI is InChI=1S/C13H23N5O/c1-5-14-13-17-10(4)6-11(18-13)15-8-12(19)16-7-9(2)3/h6,9H,5,7-8H2,1-4H3,(H,16,19)(H2,14,15,17,18). The summed E-state index contributed by atoms with van der Waals surface area (Å²) in [5, 5.41) is 8.90. The summed E-state index contributed by atoms with van der Waals surface area (Å²) in [6.07, 6.45) is 0. The molecule has 3 N–H and O–H groups in total. The molecule has 0 unspecified atom stereocenters. The summed E-state index contributed by atoms with van der Waals surface area (Å²) in [4.78, 5) is 20.1. The van der Waals surface area contributed by atoms with Crippen LogP contribution in [-0.2, 0) is 4.79 Å². The Balaban J connectivity index is 2.50. The van der Waals surface area contributed by atoms with Crippen LogP contribution in [0.5, 0.6) is 0 Å². The number of anilines is 2. The molecule has 0 aliphatic heterocycles. The molecule has 1 rings (SSSR count). The van der Waals surface area contributed by atoms with Crippen LogP contribution in [0.2, 0.25) is 0 Å². The first-order valence-electron chi connectivity index (χ1n) is 6.61. The highest BCUT2D eigenvalue weighted by molar-refractivity contribution is 5.80. The molecule has 106 valence electrons. The molecule has 0 bridgehead atoms. The smallest absolute Gasteiger partial charge is 0.239 e. The van der Waals surface area contributed by atoms with Gasteiger partial charge < -0.3 is 16.0 Å². The van der Waals surface area contributed by atoms with Crippen LogP contribution in [0.3, 0.4) is 0 Å². The predicted molar refractivity (Wildman–Crippen MR) is 77.3 cm³/mol. The number of aromatic nitrogens is 2. The van der Waals surface area contributed by atoms with E-state index in [4.69, 9.17) is 0 Å². The van der Waals surface area contributed by atoms with Crippen molar-refractivity contribution < 1.29 is 4.79 Å². The van der Waals surface area contributed by atoms with Crippen molar-refractivity contribution in [2.75, 3.05) is 30.3 Å². The van der Waals surface area contributed by atoms with Crippen LogP contribution in [0.1, 0.15) is 26.5 Å². The first-order chi connectivity index (χ1) is 9.01. The average molecular weight is 265 g/mol. The highest BCUT2D eigenvalue weighted by Crippen LogP contribution is 2.08. The molecule has 0 saturated carbocycles. The van der Waals surface area contributed by atoms with Crippen molar-refractivity contribution in [2.45, 2.75) is 27.7 Å². The summed E-state index contributed by atoms with van der Waals surface area (Å²) in [6, 6.07) is 1.82. The topological polar surface area (TPSA) is 78.9 Å². The van der Waals surface area contributed by atoms with Gasteiger partial charge in [0.1, 0.15) is 5.82 Å². The van der Waals surface area contributed by atoms with Crippen LogP contribution >= 0.6 is 0 Å². The molecule has 1 heterocycles. The van der Waals surface area contributed by atoms with Crippen LogP contribution in [0.15, 0.2) is 6.07 Å². The third-order valence-electron chi connectivity index (χ3n) is 2.33. The Morgan fingerprint density at radius 2 is 2.05 bits per heavy atom. The van der Waals surface area contributed by atoms with Gasteiger partial charge in [-0.3, -0.25) is 4.79 Å². The molecule has 1 amide bonds. The number of nitrogens with one attached hydrogen (secondary N) is 3. The Labute approximate surface area is 114 Å². The lowest BCUT2D eigenvalue weighted by Gasteiger charge is -2.10. The number of carbonyl (C=O) groups excluding carboxylic acids is 1. The van der Waals surface area contributed by atoms with Crippen molar-refractivity contribution in [1.29, 1.82) is 0 Å². The van der Waals surface area contributed by atoms with Gasteiger partial charge in [-0.05, 0) is 19.8 Å². The lowest BCUT2D eigenvalue weighted by molar-refractivity contribution is -0.119. The minimum absolute atomic E-state index is 0.0324. The molecular weight excluding hydrogens is 242 g/mol. The SMILES string of the molecule is CCNc1nc(C)cc(NCC(=O)NCC(C)C)n1. The van der Waals surface area contributed by atoms with Crippen molar-refractivity contribution in [2.24, 2.45) is 5.92 Å². The Hall–Kier alpha value is -1.85. The summed E-state index contributed by atoms with van der Waals surface area (Å²) in [7, 11) is 0. The number of hydrogen-bond donors (Lipinski definition) is 3. The van der Waals surface area contributed by atoms with E-state index < -0.39 is 0 Å². The number of hydrogen-bond acceptors (Lipinski definition) is 5. The zero-order chi connectivity index (χ0) is 14.3. The number of nitrogens with zero attached hydrogens (tertiary/aromatic N) is 2. The second kappa shape index (κ2) is 7.56. The van der Waals surface area contributed by atoms with E-state index in [0.29, 0.717) is 24.2 Å². The first-order valence-corrected chi connectivity index (χ1v) is 6.61. The van der Waals surface area contributed by atoms with E-state index in [1.165, 1.54) is 0 Å². The number of rotatable bonds is 7. The summed E-state index contributed by atoms with van der Waals surface area (Å²) in [5.74, 6) is 1.65. The molecule has 0 aliphatic rings. The molecular formula is C13H23N5O. The summed E-state index contributed by atoms with van der Waals surface area (Å²) in [6.45, 7) is 9.66. The fourth-order valence-corrected chi connectivity index (χ4v) is 1.45. The Morgan fingerprint density at radius 3 is 2.68 bits per heavy atom. The summed E-state index contributed by atoms with van der Waals surface area (Å²) >= 11 is 0. The van der Waals surface area contributed by atoms with E-state index in [2.05, 4.69) is 39.8 Å². The fraction of sp³-hybridized carbons (Fsp3) is 0.615. The molecule has 6 heteroatoms. The maximum atomic E-state index is 11.6. The minimum atomic E-state index is -0.0324. The van der Waals surface area contributed by atoms with Crippen molar-refractivity contribution >= 4 is 17.7 Å². The summed E-state index contributed by atoms with van der Waals surface area (Å²) < 4.78 is 0. The maximum Gasteiger partial charge on any atom is 0.239 e. The van der Waals surface area contributed by atoms with Crippen molar-refractivity contribution in [3.8, 4) is 0 Å². The molecule has 0 saturated heterocycles. The van der Waals surface area contributed by atoms with Gasteiger partial charge in [0, 0.05) is 24.8 Å². The van der Waals surface area contributed by atoms with E-state index in [9.17, 15) is 4.79 Å². The monoisotopic (exact) mass is 265 g/mol. The van der Waals surface area contributed by atoms with Gasteiger partial charge in [-0.1, -0.05) is 13.8 Å². The van der Waals surface area contributed by atoms with Gasteiger partial charge in [0.15, 0.2) is 0 Å². The molecule has 19 heavy (non-hydrogen) atoms. The average Bonchev–Trinajstić information content (AvgIpc) is 2.33. The normalized spacial score (nSPS) is 10.4. The van der Waals surface area contributed by atoms with E-state index in [1.54, 1.807) is 0 Å². The fourth-order valence-electron chi connectivity index (χ4n) is 1.45. The first kappa shape index (κ1) is 15.2. The number of aryl methyl sites for hydroxylation is 1. The molecule has 0 atom stereocenters. The van der Waals surface area contributed by atoms with Crippen molar-refractivity contribution in [3.05, 3.63) is 11.8 Å². The lowest BCUT2D eigenvalue weighted by Crippen LogP contribution is -2.32. The van der Waals surface area contributed by atoms with E-state index in [1.807, 2.05) is 19.9 Å². The molecule has 0 aromatic carbocycles. The quantitative estimate of drug-likeness (QED) is 0.694. The molecule has 0 radical (unpaired) electrons. The van der Waals surface area contributed by atoms with Gasteiger partial charge in [-0.15, -0.1) is 0 Å². The van der Waals surface area contributed by atoms with Crippen LogP contribution < -0.4 is 16.0 Å². The molecule has 0 spiro atoms. The van der Waals surface area contributed by atoms with Gasteiger partial charge in [0.2, 0.25) is 11.9 Å². The van der Waals surface area contributed by atoms with Crippen LogP contribution in [0.25, 0.3) is 0 Å². The maximum absolute atomic E-state index is 11.6. The predicted octanol–water partition coefficient (Wildman–Crippen LogP) is 1.40. The molecule has 1 aromatic rings. The second-order valence-corrected chi connectivity index (χ2v) is 4.80. The zero-order valence-electron chi connectivity index (χ0n) is 12.1. The Kier molecular flexibility index (Phi) is 6.05. The van der Waals surface area contributed by atoms with E-state index >= 15 is 0 Å². The number of carbonyl (C=O) groups is 1. The lowest BCUT2D eigenvalue weighted by atomic mass is 10.2. The van der Waals surface area contributed by atoms with Gasteiger partial charge in [0.05, 0.1) is 6.54 Å². The van der Waals surface area contributed by atoms with Crippen LogP contribution in [-0.4, -0.2) is 35.5 Å². The molecule has 0 fully saturated rings. The molecule has 1 aromatic heterocycles. The van der Waals surface area contributed by atoms with Gasteiger partial charge in [0.25, 0.3) is 0 Å². The Morgan fingerprint density at radius 1 is 1.32 bits per heavy atom. The van der Waals surface area contributed by atoms with Gasteiger partial charge in [-0.25, -0.2) is 4.98 Å². The van der Waals surface area contributed by atoms with Crippen molar-refractivity contribution in [1.82, 2.24) is 15.3 Å². The highest BCUT2D eigenvalue weighted by atomic mass is 16.1. The zero-order valence-corrected chi connectivity index (χ0v) is 12.1. The van der Waals surface area contributed by atoms with Crippen molar-refractivity contribution in [3.63, 3.8) is 0 Å². The van der Waals surface area contributed by atoms with Gasteiger partial charge in [-0.2, -0.15) is 4.98 Å². The van der Waals surface area contributed by atoms with E-state index in [0.717, 1.165) is 12.2 Å². The molecule has 6 nitrogen and oxygen atoms in total. The third kappa shape index (κ3) is 6.03. The van der Waals surface area contributed by atoms with Crippen LogP contribution in [0, 0.1) is 12.8 Å². The van der Waals surface area contributed by atoms with Gasteiger partial charge >= 0.3 is 0 Å². The molecule has 0 aliphatic carbocycles. The van der Waals surface area contributed by atoms with Crippen LogP contribution in [0.4, 0.5) is 11.8 Å². The van der Waals surface area contributed by atoms with E-state index in [-0.39, 0.29) is 12.5 Å². The highest BCUT2D eigenvalue weighted by Gasteiger charge is 2.05. The largest absolute Gasteiger partial charge is 0.361 e. The minimum Gasteiger partial charge on any atom is -0.361 e. The second-order valence-electron chi connectivity index (χ2n) is 4.80. The third-order valence-corrected chi connectivity index (χ3v) is 2.33. The number of amides is 1. The summed E-state index contributed by atoms with van der Waals surface area (Å²) in [5.41, 5.74) is 0.857.